The molecule has 0 N–H and O–H groups in total. The zero-order valence-electron chi connectivity index (χ0n) is 16.1. The van der Waals surface area contributed by atoms with Gasteiger partial charge in [0, 0.05) is 5.56 Å². The molecular weight excluding hydrogens is 366 g/mol. The molecule has 0 aromatic heterocycles. The van der Waals surface area contributed by atoms with Gasteiger partial charge in [-0.05, 0) is 55.7 Å². The molecular formula is C20H23NO5S. The second-order valence-corrected chi connectivity index (χ2v) is 8.36. The van der Waals surface area contributed by atoms with Crippen molar-refractivity contribution in [3.05, 3.63) is 64.2 Å². The van der Waals surface area contributed by atoms with Crippen LogP contribution in [0.2, 0.25) is 0 Å². The molecule has 0 atom stereocenters. The molecule has 0 aliphatic carbocycles. The van der Waals surface area contributed by atoms with Gasteiger partial charge in [-0.25, -0.2) is 13.2 Å². The van der Waals surface area contributed by atoms with Crippen LogP contribution < -0.4 is 4.31 Å². The summed E-state index contributed by atoms with van der Waals surface area (Å²) in [5.74, 6) is -1.02. The van der Waals surface area contributed by atoms with Crippen LogP contribution in [0.3, 0.4) is 0 Å². The van der Waals surface area contributed by atoms with E-state index in [1.54, 1.807) is 18.2 Å². The third-order valence-electron chi connectivity index (χ3n) is 4.41. The van der Waals surface area contributed by atoms with E-state index in [9.17, 15) is 18.0 Å². The number of hydrogen-bond donors (Lipinski definition) is 0. The molecule has 7 heteroatoms. The third-order valence-corrected chi connectivity index (χ3v) is 5.53. The van der Waals surface area contributed by atoms with Gasteiger partial charge in [-0.15, -0.1) is 0 Å². The average molecular weight is 389 g/mol. The first kappa shape index (κ1) is 20.6. The van der Waals surface area contributed by atoms with Gasteiger partial charge in [0.05, 0.1) is 31.2 Å². The Hall–Kier alpha value is -2.67. The van der Waals surface area contributed by atoms with E-state index in [4.69, 9.17) is 4.74 Å². The summed E-state index contributed by atoms with van der Waals surface area (Å²) in [5, 5.41) is 0. The normalized spacial score (nSPS) is 11.1. The highest BCUT2D eigenvalue weighted by atomic mass is 32.2. The molecule has 0 saturated heterocycles. The SMILES string of the molecule is COC(=O)c1ccccc1N(CC(=O)c1cc(C)c(C)cc1C)S(C)(=O)=O. The standard InChI is InChI=1S/C20H23NO5S/c1-13-10-15(3)17(11-14(13)2)19(22)12-21(27(5,24)25)18-9-7-6-8-16(18)20(23)26-4/h6-11H,12H2,1-5H3. The fourth-order valence-electron chi connectivity index (χ4n) is 2.83. The van der Waals surface area contributed by atoms with Crippen molar-refractivity contribution in [2.24, 2.45) is 0 Å². The molecule has 27 heavy (non-hydrogen) atoms. The Morgan fingerprint density at radius 2 is 1.56 bits per heavy atom. The summed E-state index contributed by atoms with van der Waals surface area (Å²) >= 11 is 0. The highest BCUT2D eigenvalue weighted by Crippen LogP contribution is 2.25. The van der Waals surface area contributed by atoms with Gasteiger partial charge in [0.2, 0.25) is 10.0 Å². The Kier molecular flexibility index (Phi) is 6.05. The number of Topliss-reactive ketones (excluding diaryl/α,β-unsaturated/α-hetero) is 1. The second kappa shape index (κ2) is 7.92. The summed E-state index contributed by atoms with van der Waals surface area (Å²) in [5.41, 5.74) is 3.43. The summed E-state index contributed by atoms with van der Waals surface area (Å²) in [7, 11) is -2.60. The summed E-state index contributed by atoms with van der Waals surface area (Å²) in [6, 6.07) is 9.81. The number of carbonyl (C=O) groups is 2. The number of aryl methyl sites for hydroxylation is 3. The molecule has 2 aromatic rings. The van der Waals surface area contributed by atoms with Crippen LogP contribution in [0.1, 0.15) is 37.4 Å². The number of ketones is 1. The van der Waals surface area contributed by atoms with E-state index in [1.165, 1.54) is 19.2 Å². The van der Waals surface area contributed by atoms with Crippen LogP contribution in [-0.4, -0.2) is 40.1 Å². The summed E-state index contributed by atoms with van der Waals surface area (Å²) in [6.07, 6.45) is 1.00. The number of anilines is 1. The van der Waals surface area contributed by atoms with Crippen LogP contribution in [0.5, 0.6) is 0 Å². The van der Waals surface area contributed by atoms with Crippen LogP contribution in [0.15, 0.2) is 36.4 Å². The molecule has 0 radical (unpaired) electrons. The lowest BCUT2D eigenvalue weighted by molar-refractivity contribution is 0.0601. The van der Waals surface area contributed by atoms with E-state index in [0.29, 0.717) is 5.56 Å². The van der Waals surface area contributed by atoms with Crippen molar-refractivity contribution in [2.75, 3.05) is 24.2 Å². The van der Waals surface area contributed by atoms with E-state index in [-0.39, 0.29) is 17.0 Å². The largest absolute Gasteiger partial charge is 0.465 e. The van der Waals surface area contributed by atoms with E-state index < -0.39 is 22.5 Å². The van der Waals surface area contributed by atoms with Crippen molar-refractivity contribution in [3.63, 3.8) is 0 Å². The molecule has 0 fully saturated rings. The number of hydrogen-bond acceptors (Lipinski definition) is 5. The summed E-state index contributed by atoms with van der Waals surface area (Å²) in [4.78, 5) is 24.9. The first-order valence-corrected chi connectivity index (χ1v) is 10.2. The Balaban J connectivity index is 2.51. The van der Waals surface area contributed by atoms with Crippen LogP contribution in [0.4, 0.5) is 5.69 Å². The molecule has 0 unspecified atom stereocenters. The van der Waals surface area contributed by atoms with Crippen molar-refractivity contribution in [2.45, 2.75) is 20.8 Å². The van der Waals surface area contributed by atoms with Crippen LogP contribution in [0, 0.1) is 20.8 Å². The molecule has 0 saturated carbocycles. The molecule has 0 aliphatic heterocycles. The second-order valence-electron chi connectivity index (χ2n) is 6.45. The molecule has 0 amide bonds. The minimum absolute atomic E-state index is 0.0787. The van der Waals surface area contributed by atoms with E-state index in [1.807, 2.05) is 26.8 Å². The minimum atomic E-state index is -3.81. The quantitative estimate of drug-likeness (QED) is 0.560. The fourth-order valence-corrected chi connectivity index (χ4v) is 3.70. The minimum Gasteiger partial charge on any atom is -0.465 e. The third kappa shape index (κ3) is 4.54. The maximum absolute atomic E-state index is 12.9. The number of para-hydroxylation sites is 1. The van der Waals surface area contributed by atoms with Gasteiger partial charge in [0.1, 0.15) is 0 Å². The molecule has 0 bridgehead atoms. The number of ether oxygens (including phenoxy) is 1. The molecule has 0 spiro atoms. The number of sulfonamides is 1. The Morgan fingerprint density at radius 1 is 0.963 bits per heavy atom. The van der Waals surface area contributed by atoms with Crippen molar-refractivity contribution in [1.82, 2.24) is 0 Å². The zero-order valence-corrected chi connectivity index (χ0v) is 16.9. The van der Waals surface area contributed by atoms with Crippen LogP contribution >= 0.6 is 0 Å². The summed E-state index contributed by atoms with van der Waals surface area (Å²) < 4.78 is 30.5. The first-order chi connectivity index (χ1) is 12.6. The molecule has 6 nitrogen and oxygen atoms in total. The Morgan fingerprint density at radius 3 is 2.15 bits per heavy atom. The number of benzene rings is 2. The van der Waals surface area contributed by atoms with Crippen molar-refractivity contribution < 1.29 is 22.7 Å². The van der Waals surface area contributed by atoms with Crippen molar-refractivity contribution in [3.8, 4) is 0 Å². The van der Waals surface area contributed by atoms with Gasteiger partial charge in [-0.2, -0.15) is 0 Å². The van der Waals surface area contributed by atoms with E-state index >= 15 is 0 Å². The number of rotatable bonds is 6. The van der Waals surface area contributed by atoms with E-state index in [2.05, 4.69) is 0 Å². The van der Waals surface area contributed by atoms with Gasteiger partial charge in [0.15, 0.2) is 5.78 Å². The number of methoxy groups -OCH3 is 1. The highest BCUT2D eigenvalue weighted by molar-refractivity contribution is 7.92. The predicted molar refractivity (Wildman–Crippen MR) is 105 cm³/mol. The van der Waals surface area contributed by atoms with Gasteiger partial charge in [-0.1, -0.05) is 18.2 Å². The number of esters is 1. The topological polar surface area (TPSA) is 80.8 Å². The fraction of sp³-hybridized carbons (Fsp3) is 0.300. The molecule has 144 valence electrons. The zero-order chi connectivity index (χ0) is 20.4. The molecule has 2 aromatic carbocycles. The highest BCUT2D eigenvalue weighted by Gasteiger charge is 2.26. The smallest absolute Gasteiger partial charge is 0.340 e. The first-order valence-electron chi connectivity index (χ1n) is 8.32. The van der Waals surface area contributed by atoms with Crippen molar-refractivity contribution >= 4 is 27.5 Å². The predicted octanol–water partition coefficient (Wildman–Crippen LogP) is 3.05. The average Bonchev–Trinajstić information content (AvgIpc) is 2.61. The van der Waals surface area contributed by atoms with Crippen molar-refractivity contribution in [1.29, 1.82) is 0 Å². The van der Waals surface area contributed by atoms with Gasteiger partial charge < -0.3 is 4.74 Å². The summed E-state index contributed by atoms with van der Waals surface area (Å²) in [6.45, 7) is 5.25. The van der Waals surface area contributed by atoms with E-state index in [0.717, 1.165) is 27.3 Å². The maximum atomic E-state index is 12.9. The maximum Gasteiger partial charge on any atom is 0.340 e. The molecule has 2 rings (SSSR count). The monoisotopic (exact) mass is 389 g/mol. The lowest BCUT2D eigenvalue weighted by atomic mass is 9.98. The Labute approximate surface area is 159 Å². The number of nitrogens with zero attached hydrogens (tertiary/aromatic N) is 1. The van der Waals surface area contributed by atoms with Gasteiger partial charge in [-0.3, -0.25) is 9.10 Å². The molecule has 0 heterocycles. The van der Waals surface area contributed by atoms with Crippen LogP contribution in [0.25, 0.3) is 0 Å². The van der Waals surface area contributed by atoms with Gasteiger partial charge in [0.25, 0.3) is 0 Å². The van der Waals surface area contributed by atoms with Gasteiger partial charge >= 0.3 is 5.97 Å². The van der Waals surface area contributed by atoms with Crippen LogP contribution in [-0.2, 0) is 14.8 Å². The number of carbonyl (C=O) groups excluding carboxylic acids is 2. The lowest BCUT2D eigenvalue weighted by Crippen LogP contribution is -2.36. The molecule has 0 aliphatic rings. The lowest BCUT2D eigenvalue weighted by Gasteiger charge is -2.24. The Bertz CT molecular complexity index is 995.